The van der Waals surface area contributed by atoms with Gasteiger partial charge in [-0.1, -0.05) is 29.3 Å². The molecule has 0 aliphatic rings. The largest absolute Gasteiger partial charge is 0.497 e. The van der Waals surface area contributed by atoms with E-state index in [2.05, 4.69) is 10.6 Å². The molecular formula is C22H18Cl2N2O4S. The smallest absolute Gasteiger partial charge is 0.250 e. The number of hydrogen-bond donors (Lipinski definition) is 2. The summed E-state index contributed by atoms with van der Waals surface area (Å²) in [5.41, 5.74) is 1.25. The molecule has 0 fully saturated rings. The number of benzene rings is 2. The minimum Gasteiger partial charge on any atom is -0.497 e. The van der Waals surface area contributed by atoms with Crippen LogP contribution in [0.2, 0.25) is 10.0 Å². The first-order chi connectivity index (χ1) is 14.9. The summed E-state index contributed by atoms with van der Waals surface area (Å²) in [5, 5.41) is 6.42. The minimum atomic E-state index is -0.427. The highest BCUT2D eigenvalue weighted by Crippen LogP contribution is 2.34. The van der Waals surface area contributed by atoms with Crippen molar-refractivity contribution in [2.45, 2.75) is 0 Å². The lowest BCUT2D eigenvalue weighted by atomic mass is 10.2. The number of rotatable bonds is 6. The quantitative estimate of drug-likeness (QED) is 0.346. The lowest BCUT2D eigenvalue weighted by molar-refractivity contribution is -0.115. The van der Waals surface area contributed by atoms with E-state index in [1.54, 1.807) is 55.6 Å². The summed E-state index contributed by atoms with van der Waals surface area (Å²) < 4.78 is 16.2. The van der Waals surface area contributed by atoms with Crippen LogP contribution in [0.4, 0.5) is 5.69 Å². The van der Waals surface area contributed by atoms with Gasteiger partial charge in [0.25, 0.3) is 0 Å². The zero-order valence-electron chi connectivity index (χ0n) is 16.6. The van der Waals surface area contributed by atoms with Crippen molar-refractivity contribution in [3.63, 3.8) is 0 Å². The van der Waals surface area contributed by atoms with E-state index in [1.165, 1.54) is 19.3 Å². The zero-order valence-corrected chi connectivity index (χ0v) is 18.9. The molecule has 3 aromatic rings. The number of halogens is 2. The van der Waals surface area contributed by atoms with Crippen LogP contribution >= 0.6 is 35.4 Å². The fourth-order valence-electron chi connectivity index (χ4n) is 2.65. The third kappa shape index (κ3) is 5.79. The Kier molecular flexibility index (Phi) is 7.57. The van der Waals surface area contributed by atoms with Crippen LogP contribution in [0.1, 0.15) is 5.76 Å². The topological polar surface area (TPSA) is 72.7 Å². The molecule has 0 spiro atoms. The van der Waals surface area contributed by atoms with E-state index in [9.17, 15) is 4.79 Å². The average molecular weight is 477 g/mol. The van der Waals surface area contributed by atoms with Gasteiger partial charge < -0.3 is 19.2 Å². The number of nitrogens with one attached hydrogen (secondary N) is 2. The van der Waals surface area contributed by atoms with Crippen LogP contribution in [-0.4, -0.2) is 25.2 Å². The summed E-state index contributed by atoms with van der Waals surface area (Å²) in [6.45, 7) is 0. The Morgan fingerprint density at radius 3 is 2.65 bits per heavy atom. The Morgan fingerprint density at radius 1 is 1.10 bits per heavy atom. The van der Waals surface area contributed by atoms with Gasteiger partial charge in [-0.15, -0.1) is 0 Å². The number of anilines is 1. The maximum atomic E-state index is 12.2. The third-order valence-electron chi connectivity index (χ3n) is 4.14. The second-order valence-electron chi connectivity index (χ2n) is 6.15. The van der Waals surface area contributed by atoms with Crippen molar-refractivity contribution in [2.75, 3.05) is 19.5 Å². The minimum absolute atomic E-state index is 0.115. The first kappa shape index (κ1) is 22.7. The zero-order chi connectivity index (χ0) is 22.4. The van der Waals surface area contributed by atoms with E-state index in [1.807, 2.05) is 0 Å². The number of methoxy groups -OCH3 is 2. The van der Waals surface area contributed by atoms with Gasteiger partial charge in [-0.2, -0.15) is 0 Å². The predicted octanol–water partition coefficient (Wildman–Crippen LogP) is 5.80. The van der Waals surface area contributed by atoms with Gasteiger partial charge in [0.15, 0.2) is 5.11 Å². The van der Waals surface area contributed by atoms with Crippen LogP contribution in [0.15, 0.2) is 59.0 Å². The van der Waals surface area contributed by atoms with Crippen LogP contribution in [0.5, 0.6) is 11.5 Å². The van der Waals surface area contributed by atoms with Crippen molar-refractivity contribution in [2.24, 2.45) is 0 Å². The number of furan rings is 1. The molecule has 1 amide bonds. The SMILES string of the molecule is COc1ccc(NC(=S)NC(=O)C=Cc2ccc(-c3cccc(Cl)c3Cl)o2)c(OC)c1. The van der Waals surface area contributed by atoms with Crippen molar-refractivity contribution < 1.29 is 18.7 Å². The van der Waals surface area contributed by atoms with Gasteiger partial charge in [0.05, 0.1) is 30.0 Å². The molecule has 2 N–H and O–H groups in total. The third-order valence-corrected chi connectivity index (χ3v) is 5.16. The normalized spacial score (nSPS) is 10.7. The van der Waals surface area contributed by atoms with Gasteiger partial charge in [0, 0.05) is 17.7 Å². The van der Waals surface area contributed by atoms with Crippen molar-refractivity contribution in [1.82, 2.24) is 5.32 Å². The van der Waals surface area contributed by atoms with Crippen molar-refractivity contribution in [3.8, 4) is 22.8 Å². The van der Waals surface area contributed by atoms with E-state index < -0.39 is 5.91 Å². The highest BCUT2D eigenvalue weighted by atomic mass is 35.5. The van der Waals surface area contributed by atoms with E-state index in [0.29, 0.717) is 44.3 Å². The Hall–Kier alpha value is -3.00. The number of carbonyl (C=O) groups is 1. The van der Waals surface area contributed by atoms with Crippen molar-refractivity contribution in [3.05, 3.63) is 70.4 Å². The molecule has 0 aliphatic heterocycles. The van der Waals surface area contributed by atoms with Gasteiger partial charge in [0.1, 0.15) is 23.0 Å². The van der Waals surface area contributed by atoms with Gasteiger partial charge in [-0.3, -0.25) is 10.1 Å². The first-order valence-corrected chi connectivity index (χ1v) is 10.1. The van der Waals surface area contributed by atoms with Crippen LogP contribution in [0.25, 0.3) is 17.4 Å². The van der Waals surface area contributed by atoms with Gasteiger partial charge >= 0.3 is 0 Å². The maximum absolute atomic E-state index is 12.2. The van der Waals surface area contributed by atoms with Crippen LogP contribution in [0, 0.1) is 0 Å². The number of hydrogen-bond acceptors (Lipinski definition) is 5. The summed E-state index contributed by atoms with van der Waals surface area (Å²) >= 11 is 17.4. The summed E-state index contributed by atoms with van der Waals surface area (Å²) in [6.07, 6.45) is 2.83. The van der Waals surface area contributed by atoms with Gasteiger partial charge in [-0.05, 0) is 54.7 Å². The molecule has 0 saturated carbocycles. The second kappa shape index (κ2) is 10.3. The molecule has 0 aliphatic carbocycles. The standard InChI is InChI=1S/C22H18Cl2N2O4S/c1-28-14-6-9-17(19(12-14)29-2)25-22(31)26-20(27)11-8-13-7-10-18(30-13)15-4-3-5-16(23)21(15)24/h3-12H,1-2H3,(H2,25,26,27,31). The first-order valence-electron chi connectivity index (χ1n) is 8.97. The Bertz CT molecular complexity index is 1140. The molecular weight excluding hydrogens is 459 g/mol. The molecule has 3 rings (SSSR count). The van der Waals surface area contributed by atoms with Crippen LogP contribution in [-0.2, 0) is 4.79 Å². The molecule has 0 bridgehead atoms. The summed E-state index contributed by atoms with van der Waals surface area (Å²) in [5.74, 6) is 1.74. The van der Waals surface area contributed by atoms with Crippen molar-refractivity contribution >= 4 is 58.2 Å². The van der Waals surface area contributed by atoms with Crippen molar-refractivity contribution in [1.29, 1.82) is 0 Å². The number of carbonyl (C=O) groups excluding carboxylic acids is 1. The fraction of sp³-hybridized carbons (Fsp3) is 0.0909. The number of amides is 1. The van der Waals surface area contributed by atoms with Crippen LogP contribution in [0.3, 0.4) is 0 Å². The molecule has 31 heavy (non-hydrogen) atoms. The Morgan fingerprint density at radius 2 is 1.90 bits per heavy atom. The second-order valence-corrected chi connectivity index (χ2v) is 7.34. The lowest BCUT2D eigenvalue weighted by Gasteiger charge is -2.13. The molecule has 160 valence electrons. The highest BCUT2D eigenvalue weighted by Gasteiger charge is 2.11. The maximum Gasteiger partial charge on any atom is 0.250 e. The summed E-state index contributed by atoms with van der Waals surface area (Å²) in [7, 11) is 3.09. The fourth-order valence-corrected chi connectivity index (χ4v) is 3.25. The molecule has 0 unspecified atom stereocenters. The average Bonchev–Trinajstić information content (AvgIpc) is 3.23. The summed E-state index contributed by atoms with van der Waals surface area (Å²) in [6, 6.07) is 13.9. The molecule has 0 radical (unpaired) electrons. The molecule has 1 heterocycles. The van der Waals surface area contributed by atoms with E-state index in [0.717, 1.165) is 0 Å². The van der Waals surface area contributed by atoms with E-state index in [-0.39, 0.29) is 5.11 Å². The molecule has 0 atom stereocenters. The monoisotopic (exact) mass is 476 g/mol. The molecule has 1 aromatic heterocycles. The lowest BCUT2D eigenvalue weighted by Crippen LogP contribution is -2.32. The Labute approximate surface area is 194 Å². The van der Waals surface area contributed by atoms with E-state index >= 15 is 0 Å². The molecule has 0 saturated heterocycles. The molecule has 9 heteroatoms. The molecule has 6 nitrogen and oxygen atoms in total. The van der Waals surface area contributed by atoms with Gasteiger partial charge in [-0.25, -0.2) is 0 Å². The molecule has 2 aromatic carbocycles. The summed E-state index contributed by atoms with van der Waals surface area (Å²) in [4.78, 5) is 12.2. The number of thiocarbonyl (C=S) groups is 1. The van der Waals surface area contributed by atoms with Gasteiger partial charge in [0.2, 0.25) is 5.91 Å². The van der Waals surface area contributed by atoms with E-state index in [4.69, 9.17) is 49.3 Å². The Balaban J connectivity index is 1.62. The predicted molar refractivity (Wildman–Crippen MR) is 127 cm³/mol. The highest BCUT2D eigenvalue weighted by molar-refractivity contribution is 7.80. The number of ether oxygens (including phenoxy) is 2. The van der Waals surface area contributed by atoms with Crippen LogP contribution < -0.4 is 20.1 Å².